The predicted molar refractivity (Wildman–Crippen MR) is 103 cm³/mol. The maximum atomic E-state index is 12.4. The van der Waals surface area contributed by atoms with Crippen LogP contribution in [0.4, 0.5) is 5.69 Å². The molecule has 1 saturated heterocycles. The van der Waals surface area contributed by atoms with Crippen LogP contribution in [0.15, 0.2) is 42.7 Å². The summed E-state index contributed by atoms with van der Waals surface area (Å²) in [5.74, 6) is 0.537. The smallest absolute Gasteiger partial charge is 0.238 e. The second-order valence-corrected chi connectivity index (χ2v) is 6.74. The van der Waals surface area contributed by atoms with Crippen molar-refractivity contribution >= 4 is 23.2 Å². The zero-order valence-corrected chi connectivity index (χ0v) is 15.6. The van der Waals surface area contributed by atoms with E-state index in [-0.39, 0.29) is 5.91 Å². The number of hydrogen-bond acceptors (Lipinski definition) is 5. The molecule has 0 bridgehead atoms. The third kappa shape index (κ3) is 5.17. The molecule has 2 heterocycles. The first kappa shape index (κ1) is 18.6. The number of piperazine rings is 1. The molecule has 1 aromatic heterocycles. The normalized spacial score (nSPS) is 15.6. The highest BCUT2D eigenvalue weighted by Gasteiger charge is 2.19. The lowest BCUT2D eigenvalue weighted by atomic mass is 10.2. The van der Waals surface area contributed by atoms with Crippen molar-refractivity contribution in [1.29, 1.82) is 0 Å². The monoisotopic (exact) mass is 374 g/mol. The number of aromatic nitrogens is 1. The zero-order valence-electron chi connectivity index (χ0n) is 14.8. The predicted octanol–water partition coefficient (Wildman–Crippen LogP) is 2.50. The summed E-state index contributed by atoms with van der Waals surface area (Å²) >= 11 is 6.00. The standard InChI is InChI=1S/C19H23ClN4O2/c1-26-18-5-4-16(20)11-17(18)22-19(25)14-24-9-7-23(8-10-24)13-15-3-2-6-21-12-15/h2-6,11-12H,7-10,13-14H2,1H3,(H,22,25). The number of carbonyl (C=O) groups is 1. The number of anilines is 1. The molecule has 0 atom stereocenters. The van der Waals surface area contributed by atoms with Crippen LogP contribution in [0.25, 0.3) is 0 Å². The Bertz CT molecular complexity index is 734. The number of nitrogens with zero attached hydrogens (tertiary/aromatic N) is 3. The molecule has 1 amide bonds. The van der Waals surface area contributed by atoms with E-state index in [4.69, 9.17) is 16.3 Å². The van der Waals surface area contributed by atoms with Gasteiger partial charge in [-0.05, 0) is 29.8 Å². The molecule has 3 rings (SSSR count). The van der Waals surface area contributed by atoms with Crippen LogP contribution in [-0.2, 0) is 11.3 Å². The molecule has 1 aliphatic heterocycles. The van der Waals surface area contributed by atoms with Gasteiger partial charge in [-0.3, -0.25) is 19.6 Å². The number of methoxy groups -OCH3 is 1. The summed E-state index contributed by atoms with van der Waals surface area (Å²) in [5, 5.41) is 3.45. The van der Waals surface area contributed by atoms with Gasteiger partial charge in [-0.25, -0.2) is 0 Å². The quantitative estimate of drug-likeness (QED) is 0.841. The molecule has 1 fully saturated rings. The summed E-state index contributed by atoms with van der Waals surface area (Å²) < 4.78 is 5.26. The maximum absolute atomic E-state index is 12.4. The van der Waals surface area contributed by atoms with Crippen molar-refractivity contribution in [3.63, 3.8) is 0 Å². The fourth-order valence-corrected chi connectivity index (χ4v) is 3.20. The van der Waals surface area contributed by atoms with Crippen molar-refractivity contribution in [3.05, 3.63) is 53.3 Å². The summed E-state index contributed by atoms with van der Waals surface area (Å²) in [6, 6.07) is 9.22. The molecule has 0 saturated carbocycles. The Hall–Kier alpha value is -2.15. The number of nitrogens with one attached hydrogen (secondary N) is 1. The van der Waals surface area contributed by atoms with Gasteiger partial charge in [0.1, 0.15) is 5.75 Å². The van der Waals surface area contributed by atoms with Gasteiger partial charge < -0.3 is 10.1 Å². The van der Waals surface area contributed by atoms with Crippen LogP contribution in [0.5, 0.6) is 5.75 Å². The molecule has 0 aliphatic carbocycles. The van der Waals surface area contributed by atoms with Gasteiger partial charge in [0, 0.05) is 50.1 Å². The number of carbonyl (C=O) groups excluding carboxylic acids is 1. The molecule has 0 spiro atoms. The highest BCUT2D eigenvalue weighted by atomic mass is 35.5. The first-order valence-electron chi connectivity index (χ1n) is 8.61. The first-order valence-corrected chi connectivity index (χ1v) is 8.99. The summed E-state index contributed by atoms with van der Waals surface area (Å²) in [7, 11) is 1.57. The van der Waals surface area contributed by atoms with Gasteiger partial charge in [0.25, 0.3) is 0 Å². The number of halogens is 1. The summed E-state index contributed by atoms with van der Waals surface area (Å²) in [6.07, 6.45) is 3.69. The van der Waals surface area contributed by atoms with Crippen LogP contribution < -0.4 is 10.1 Å². The summed E-state index contributed by atoms with van der Waals surface area (Å²) in [6.45, 7) is 4.84. The third-order valence-electron chi connectivity index (χ3n) is 4.40. The zero-order chi connectivity index (χ0) is 18.4. The maximum Gasteiger partial charge on any atom is 0.238 e. The fourth-order valence-electron chi connectivity index (χ4n) is 3.03. The number of hydrogen-bond donors (Lipinski definition) is 1. The second kappa shape index (κ2) is 8.98. The largest absolute Gasteiger partial charge is 0.495 e. The van der Waals surface area contributed by atoms with E-state index in [9.17, 15) is 4.79 Å². The molecule has 0 unspecified atom stereocenters. The SMILES string of the molecule is COc1ccc(Cl)cc1NC(=O)CN1CCN(Cc2cccnc2)CC1. The van der Waals surface area contributed by atoms with E-state index in [1.54, 1.807) is 31.5 Å². The van der Waals surface area contributed by atoms with Crippen molar-refractivity contribution in [3.8, 4) is 5.75 Å². The van der Waals surface area contributed by atoms with Gasteiger partial charge in [0.15, 0.2) is 0 Å². The van der Waals surface area contributed by atoms with E-state index in [2.05, 4.69) is 26.2 Å². The van der Waals surface area contributed by atoms with E-state index < -0.39 is 0 Å². The minimum Gasteiger partial charge on any atom is -0.495 e. The van der Waals surface area contributed by atoms with Gasteiger partial charge >= 0.3 is 0 Å². The van der Waals surface area contributed by atoms with Gasteiger partial charge in [-0.15, -0.1) is 0 Å². The number of rotatable bonds is 6. The minimum atomic E-state index is -0.0636. The van der Waals surface area contributed by atoms with Crippen molar-refractivity contribution in [1.82, 2.24) is 14.8 Å². The van der Waals surface area contributed by atoms with Gasteiger partial charge in [-0.1, -0.05) is 17.7 Å². The number of pyridine rings is 1. The Morgan fingerprint density at radius 1 is 1.23 bits per heavy atom. The average Bonchev–Trinajstić information content (AvgIpc) is 2.64. The molecule has 6 nitrogen and oxygen atoms in total. The number of ether oxygens (including phenoxy) is 1. The van der Waals surface area contributed by atoms with Crippen molar-refractivity contribution in [2.45, 2.75) is 6.54 Å². The van der Waals surface area contributed by atoms with Gasteiger partial charge in [-0.2, -0.15) is 0 Å². The molecule has 2 aromatic rings. The average molecular weight is 375 g/mol. The van der Waals surface area contributed by atoms with Gasteiger partial charge in [0.2, 0.25) is 5.91 Å². The molecular weight excluding hydrogens is 352 g/mol. The Labute approximate surface area is 158 Å². The Kier molecular flexibility index (Phi) is 6.44. The molecule has 7 heteroatoms. The van der Waals surface area contributed by atoms with Crippen molar-refractivity contribution < 1.29 is 9.53 Å². The first-order chi connectivity index (χ1) is 12.6. The molecular formula is C19H23ClN4O2. The summed E-state index contributed by atoms with van der Waals surface area (Å²) in [4.78, 5) is 21.1. The lowest BCUT2D eigenvalue weighted by molar-refractivity contribution is -0.117. The highest BCUT2D eigenvalue weighted by molar-refractivity contribution is 6.31. The Morgan fingerprint density at radius 3 is 2.69 bits per heavy atom. The Morgan fingerprint density at radius 2 is 2.00 bits per heavy atom. The molecule has 1 aromatic carbocycles. The lowest BCUT2D eigenvalue weighted by Crippen LogP contribution is -2.48. The van der Waals surface area contributed by atoms with Crippen LogP contribution in [-0.4, -0.2) is 60.5 Å². The molecule has 1 N–H and O–H groups in total. The molecule has 138 valence electrons. The number of amides is 1. The third-order valence-corrected chi connectivity index (χ3v) is 4.63. The van der Waals surface area contributed by atoms with Crippen LogP contribution in [0.1, 0.15) is 5.56 Å². The fraction of sp³-hybridized carbons (Fsp3) is 0.368. The summed E-state index contributed by atoms with van der Waals surface area (Å²) in [5.41, 5.74) is 1.81. The minimum absolute atomic E-state index is 0.0636. The van der Waals surface area contributed by atoms with Crippen molar-refractivity contribution in [2.24, 2.45) is 0 Å². The van der Waals surface area contributed by atoms with E-state index in [1.165, 1.54) is 5.56 Å². The van der Waals surface area contributed by atoms with Gasteiger partial charge in [0.05, 0.1) is 19.3 Å². The lowest BCUT2D eigenvalue weighted by Gasteiger charge is -2.34. The highest BCUT2D eigenvalue weighted by Crippen LogP contribution is 2.27. The van der Waals surface area contributed by atoms with E-state index in [0.717, 1.165) is 32.7 Å². The van der Waals surface area contributed by atoms with E-state index in [0.29, 0.717) is 23.0 Å². The van der Waals surface area contributed by atoms with E-state index in [1.807, 2.05) is 12.3 Å². The molecule has 0 radical (unpaired) electrons. The number of benzene rings is 1. The van der Waals surface area contributed by atoms with Crippen LogP contribution in [0, 0.1) is 0 Å². The van der Waals surface area contributed by atoms with Crippen LogP contribution in [0.2, 0.25) is 5.02 Å². The topological polar surface area (TPSA) is 57.7 Å². The second-order valence-electron chi connectivity index (χ2n) is 6.31. The van der Waals surface area contributed by atoms with E-state index >= 15 is 0 Å². The Balaban J connectivity index is 1.47. The van der Waals surface area contributed by atoms with Crippen LogP contribution in [0.3, 0.4) is 0 Å². The molecule has 26 heavy (non-hydrogen) atoms. The van der Waals surface area contributed by atoms with Crippen LogP contribution >= 0.6 is 11.6 Å². The van der Waals surface area contributed by atoms with Crippen molar-refractivity contribution in [2.75, 3.05) is 45.2 Å². The molecule has 1 aliphatic rings.